The normalized spacial score (nSPS) is 10.6. The highest BCUT2D eigenvalue weighted by molar-refractivity contribution is 4.97. The van der Waals surface area contributed by atoms with E-state index in [1.165, 1.54) is 0 Å². The van der Waals surface area contributed by atoms with Crippen LogP contribution in [0.5, 0.6) is 0 Å². The number of nitrogens with one attached hydrogen (secondary N) is 1. The van der Waals surface area contributed by atoms with Gasteiger partial charge in [0, 0.05) is 13.2 Å². The molecule has 0 saturated carbocycles. The fourth-order valence-corrected chi connectivity index (χ4v) is 1.22. The van der Waals surface area contributed by atoms with Crippen LogP contribution in [-0.2, 0) is 11.3 Å². The molecule has 0 bridgehead atoms. The maximum Gasteiger partial charge on any atom is 0.117 e. The monoisotopic (exact) mass is 197 g/mol. The van der Waals surface area contributed by atoms with Crippen molar-refractivity contribution in [2.24, 2.45) is 0 Å². The molecule has 1 N–H and O–H groups in total. The topological polar surface area (TPSA) is 34.4 Å². The van der Waals surface area contributed by atoms with Gasteiger partial charge in [0.1, 0.15) is 5.76 Å². The van der Waals surface area contributed by atoms with E-state index < -0.39 is 0 Å². The Labute approximate surface area is 85.4 Å². The molecule has 1 rings (SSSR count). The molecule has 0 spiro atoms. The molecule has 3 nitrogen and oxygen atoms in total. The molecule has 0 unspecified atom stereocenters. The van der Waals surface area contributed by atoms with Crippen molar-refractivity contribution < 1.29 is 9.15 Å². The maximum atomic E-state index is 5.24. The summed E-state index contributed by atoms with van der Waals surface area (Å²) >= 11 is 0. The van der Waals surface area contributed by atoms with E-state index in [4.69, 9.17) is 9.15 Å². The summed E-state index contributed by atoms with van der Waals surface area (Å²) in [7, 11) is 0. The Kier molecular flexibility index (Phi) is 6.11. The van der Waals surface area contributed by atoms with Crippen LogP contribution < -0.4 is 5.32 Å². The summed E-state index contributed by atoms with van der Waals surface area (Å²) in [4.78, 5) is 0. The van der Waals surface area contributed by atoms with Crippen molar-refractivity contribution >= 4 is 0 Å². The van der Waals surface area contributed by atoms with Crippen LogP contribution in [0.1, 0.15) is 25.5 Å². The highest BCUT2D eigenvalue weighted by Gasteiger charge is 1.93. The van der Waals surface area contributed by atoms with Gasteiger partial charge in [-0.25, -0.2) is 0 Å². The Morgan fingerprint density at radius 2 is 2.36 bits per heavy atom. The second kappa shape index (κ2) is 7.59. The van der Waals surface area contributed by atoms with E-state index in [-0.39, 0.29) is 0 Å². The van der Waals surface area contributed by atoms with Crippen LogP contribution in [0.25, 0.3) is 0 Å². The molecule has 1 aromatic heterocycles. The Hall–Kier alpha value is -0.800. The van der Waals surface area contributed by atoms with Crippen molar-refractivity contribution in [3.8, 4) is 0 Å². The first-order valence-corrected chi connectivity index (χ1v) is 5.24. The minimum atomic E-state index is 0.819. The lowest BCUT2D eigenvalue weighted by Crippen LogP contribution is -2.14. The first kappa shape index (κ1) is 11.3. The molecule has 0 aliphatic carbocycles. The van der Waals surface area contributed by atoms with Crippen molar-refractivity contribution in [1.29, 1.82) is 0 Å². The summed E-state index contributed by atoms with van der Waals surface area (Å²) in [6.07, 6.45) is 3.98. The zero-order chi connectivity index (χ0) is 10.1. The van der Waals surface area contributed by atoms with Gasteiger partial charge >= 0.3 is 0 Å². The quantitative estimate of drug-likeness (QED) is 0.649. The zero-order valence-electron chi connectivity index (χ0n) is 8.79. The third-order valence-corrected chi connectivity index (χ3v) is 1.98. The van der Waals surface area contributed by atoms with Gasteiger partial charge in [-0.2, -0.15) is 0 Å². The van der Waals surface area contributed by atoms with Crippen molar-refractivity contribution in [2.45, 2.75) is 26.3 Å². The van der Waals surface area contributed by atoms with Crippen LogP contribution in [0, 0.1) is 0 Å². The largest absolute Gasteiger partial charge is 0.468 e. The van der Waals surface area contributed by atoms with E-state index in [0.29, 0.717) is 0 Å². The SMILES string of the molecule is CCOCCCCNCc1ccco1. The molecule has 0 aliphatic heterocycles. The molecule has 0 aliphatic rings. The Bertz CT molecular complexity index is 209. The molecule has 0 fully saturated rings. The minimum Gasteiger partial charge on any atom is -0.468 e. The number of hydrogen-bond acceptors (Lipinski definition) is 3. The fraction of sp³-hybridized carbons (Fsp3) is 0.636. The lowest BCUT2D eigenvalue weighted by atomic mass is 10.3. The lowest BCUT2D eigenvalue weighted by Gasteiger charge is -2.02. The molecule has 0 atom stereocenters. The molecule has 0 amide bonds. The van der Waals surface area contributed by atoms with E-state index in [1.54, 1.807) is 6.26 Å². The van der Waals surface area contributed by atoms with E-state index in [9.17, 15) is 0 Å². The van der Waals surface area contributed by atoms with E-state index in [0.717, 1.165) is 44.9 Å². The second-order valence-corrected chi connectivity index (χ2v) is 3.16. The van der Waals surface area contributed by atoms with Gasteiger partial charge in [0.15, 0.2) is 0 Å². The van der Waals surface area contributed by atoms with E-state index >= 15 is 0 Å². The Balaban J connectivity index is 1.85. The molecule has 3 heteroatoms. The summed E-state index contributed by atoms with van der Waals surface area (Å²) in [6.45, 7) is 5.56. The molecule has 0 aromatic carbocycles. The molecule has 0 radical (unpaired) electrons. The highest BCUT2D eigenvalue weighted by atomic mass is 16.5. The third-order valence-electron chi connectivity index (χ3n) is 1.98. The first-order chi connectivity index (χ1) is 6.93. The van der Waals surface area contributed by atoms with Gasteiger partial charge < -0.3 is 14.5 Å². The number of ether oxygens (including phenoxy) is 1. The van der Waals surface area contributed by atoms with E-state index in [2.05, 4.69) is 5.32 Å². The van der Waals surface area contributed by atoms with Crippen LogP contribution in [-0.4, -0.2) is 19.8 Å². The Morgan fingerprint density at radius 3 is 3.07 bits per heavy atom. The van der Waals surface area contributed by atoms with Gasteiger partial charge in [0.25, 0.3) is 0 Å². The molecule has 1 aromatic rings. The maximum absolute atomic E-state index is 5.24. The first-order valence-electron chi connectivity index (χ1n) is 5.24. The van der Waals surface area contributed by atoms with Gasteiger partial charge in [-0.05, 0) is 38.4 Å². The van der Waals surface area contributed by atoms with Crippen LogP contribution in [0.2, 0.25) is 0 Å². The van der Waals surface area contributed by atoms with Gasteiger partial charge in [-0.3, -0.25) is 0 Å². The molecular formula is C11H19NO2. The van der Waals surface area contributed by atoms with Crippen molar-refractivity contribution in [3.63, 3.8) is 0 Å². The predicted molar refractivity (Wildman–Crippen MR) is 56.1 cm³/mol. The summed E-state index contributed by atoms with van der Waals surface area (Å²) in [5.41, 5.74) is 0. The van der Waals surface area contributed by atoms with Crippen molar-refractivity contribution in [1.82, 2.24) is 5.32 Å². The van der Waals surface area contributed by atoms with Crippen LogP contribution >= 0.6 is 0 Å². The van der Waals surface area contributed by atoms with Gasteiger partial charge in [-0.1, -0.05) is 0 Å². The molecule has 14 heavy (non-hydrogen) atoms. The number of furan rings is 1. The average molecular weight is 197 g/mol. The highest BCUT2D eigenvalue weighted by Crippen LogP contribution is 1.98. The van der Waals surface area contributed by atoms with Gasteiger partial charge in [-0.15, -0.1) is 0 Å². The van der Waals surface area contributed by atoms with Crippen molar-refractivity contribution in [3.05, 3.63) is 24.2 Å². The average Bonchev–Trinajstić information content (AvgIpc) is 2.69. The summed E-state index contributed by atoms with van der Waals surface area (Å²) < 4.78 is 10.4. The van der Waals surface area contributed by atoms with Gasteiger partial charge in [0.2, 0.25) is 0 Å². The predicted octanol–water partition coefficient (Wildman–Crippen LogP) is 2.19. The lowest BCUT2D eigenvalue weighted by molar-refractivity contribution is 0.143. The molecule has 1 heterocycles. The molecular weight excluding hydrogens is 178 g/mol. The Morgan fingerprint density at radius 1 is 1.43 bits per heavy atom. The standard InChI is InChI=1S/C11H19NO2/c1-2-13-8-4-3-7-12-10-11-6-5-9-14-11/h5-6,9,12H,2-4,7-8,10H2,1H3. The smallest absolute Gasteiger partial charge is 0.117 e. The van der Waals surface area contributed by atoms with Crippen LogP contribution in [0.3, 0.4) is 0 Å². The fourth-order valence-electron chi connectivity index (χ4n) is 1.22. The molecule has 80 valence electrons. The summed E-state index contributed by atoms with van der Waals surface area (Å²) in [6, 6.07) is 3.89. The molecule has 0 saturated heterocycles. The summed E-state index contributed by atoms with van der Waals surface area (Å²) in [5, 5.41) is 3.32. The van der Waals surface area contributed by atoms with Gasteiger partial charge in [0.05, 0.1) is 12.8 Å². The third kappa shape index (κ3) is 5.04. The second-order valence-electron chi connectivity index (χ2n) is 3.16. The number of hydrogen-bond donors (Lipinski definition) is 1. The zero-order valence-corrected chi connectivity index (χ0v) is 8.79. The summed E-state index contributed by atoms with van der Waals surface area (Å²) in [5.74, 6) is 0.995. The van der Waals surface area contributed by atoms with Crippen LogP contribution in [0.4, 0.5) is 0 Å². The minimum absolute atomic E-state index is 0.819. The number of unbranched alkanes of at least 4 members (excludes halogenated alkanes) is 1. The number of rotatable bonds is 8. The van der Waals surface area contributed by atoms with Crippen molar-refractivity contribution in [2.75, 3.05) is 19.8 Å². The van der Waals surface area contributed by atoms with E-state index in [1.807, 2.05) is 19.1 Å². The van der Waals surface area contributed by atoms with Crippen LogP contribution in [0.15, 0.2) is 22.8 Å².